The highest BCUT2D eigenvalue weighted by Gasteiger charge is 2.47. The van der Waals surface area contributed by atoms with E-state index in [1.165, 1.54) is 23.0 Å². The molecular formula is C12H13N7O4. The average Bonchev–Trinajstić information content (AvgIpc) is 3.15. The van der Waals surface area contributed by atoms with Crippen LogP contribution in [-0.2, 0) is 4.74 Å². The molecule has 1 saturated heterocycles. The van der Waals surface area contributed by atoms with Crippen LogP contribution < -0.4 is 11.2 Å². The number of aliphatic hydroxyl groups is 1. The number of rotatable bonds is 4. The van der Waals surface area contributed by atoms with Gasteiger partial charge in [0.15, 0.2) is 0 Å². The molecule has 0 bridgehead atoms. The van der Waals surface area contributed by atoms with E-state index < -0.39 is 42.1 Å². The Balaban J connectivity index is 2.12. The number of azide groups is 1. The van der Waals surface area contributed by atoms with Crippen LogP contribution in [0, 0.1) is 0 Å². The molecule has 11 nitrogen and oxygen atoms in total. The number of nitrogens with one attached hydrogen (secondary N) is 2. The van der Waals surface area contributed by atoms with E-state index in [0.717, 1.165) is 0 Å². The van der Waals surface area contributed by atoms with Gasteiger partial charge in [-0.05, 0) is 5.53 Å². The van der Waals surface area contributed by atoms with Gasteiger partial charge in [0.2, 0.25) is 0 Å². The van der Waals surface area contributed by atoms with Gasteiger partial charge in [-0.2, -0.15) is 0 Å². The molecule has 0 aliphatic carbocycles. The first-order valence-electron chi connectivity index (χ1n) is 6.77. The first-order chi connectivity index (χ1) is 11.2. The molecule has 2 aromatic rings. The van der Waals surface area contributed by atoms with Gasteiger partial charge >= 0.3 is 5.69 Å². The molecule has 1 aliphatic heterocycles. The quantitative estimate of drug-likeness (QED) is 0.396. The number of aromatic amines is 2. The van der Waals surface area contributed by atoms with Gasteiger partial charge in [-0.15, -0.1) is 0 Å². The van der Waals surface area contributed by atoms with Crippen LogP contribution in [0.2, 0.25) is 0 Å². The Morgan fingerprint density at radius 2 is 2.35 bits per heavy atom. The molecule has 0 radical (unpaired) electrons. The molecule has 3 rings (SSSR count). The highest BCUT2D eigenvalue weighted by Crippen LogP contribution is 2.41. The topological polar surface area (TPSA) is 162 Å². The second kappa shape index (κ2) is 6.08. The summed E-state index contributed by atoms with van der Waals surface area (Å²) in [6.45, 7) is -0.393. The minimum Gasteiger partial charge on any atom is -0.394 e. The van der Waals surface area contributed by atoms with Crippen molar-refractivity contribution in [1.82, 2.24) is 19.5 Å². The summed E-state index contributed by atoms with van der Waals surface area (Å²) < 4.78 is 6.86. The molecule has 0 amide bonds. The number of nitrogens with zero attached hydrogens (tertiary/aromatic N) is 5. The molecule has 0 aromatic carbocycles. The third-order valence-electron chi connectivity index (χ3n) is 3.70. The first kappa shape index (κ1) is 15.0. The number of hydrogen-bond acceptors (Lipinski definition) is 6. The van der Waals surface area contributed by atoms with E-state index in [2.05, 4.69) is 25.0 Å². The van der Waals surface area contributed by atoms with Crippen molar-refractivity contribution in [2.75, 3.05) is 6.61 Å². The monoisotopic (exact) mass is 319 g/mol. The Hall–Kier alpha value is -2.88. The standard InChI is InChI=1S/C12H13N7O4/c13-18-17-9-6(5-20)23-11(8(9)10-14-2-3-15-10)19-4-1-7(21)16-12(19)22/h1-4,6,8-9,11,20H,5H2,(H,14,15)(H,16,21,22)/t6-,8+,9-,11-/m1/s1. The minimum absolute atomic E-state index is 0.393. The normalized spacial score (nSPS) is 26.8. The lowest BCUT2D eigenvalue weighted by atomic mass is 9.96. The van der Waals surface area contributed by atoms with Crippen LogP contribution in [0.1, 0.15) is 18.0 Å². The van der Waals surface area contributed by atoms with E-state index in [4.69, 9.17) is 10.3 Å². The summed E-state index contributed by atoms with van der Waals surface area (Å²) in [6.07, 6.45) is 2.69. The highest BCUT2D eigenvalue weighted by molar-refractivity contribution is 5.11. The summed E-state index contributed by atoms with van der Waals surface area (Å²) in [6, 6.07) is 0.415. The maximum absolute atomic E-state index is 12.0. The number of ether oxygens (including phenoxy) is 1. The molecule has 3 heterocycles. The smallest absolute Gasteiger partial charge is 0.330 e. The summed E-state index contributed by atoms with van der Waals surface area (Å²) >= 11 is 0. The SMILES string of the molecule is [N-]=[N+]=N[C@H]1[C@@H](c2ncc[nH]2)[C@H](n2ccc(=O)[nH]c2=O)O[C@@H]1CO. The zero-order chi connectivity index (χ0) is 16.4. The van der Waals surface area contributed by atoms with Crippen molar-refractivity contribution in [3.63, 3.8) is 0 Å². The van der Waals surface area contributed by atoms with Crippen molar-refractivity contribution in [2.45, 2.75) is 24.3 Å². The van der Waals surface area contributed by atoms with Gasteiger partial charge in [0, 0.05) is 29.6 Å². The highest BCUT2D eigenvalue weighted by atomic mass is 16.5. The number of aliphatic hydroxyl groups excluding tert-OH is 1. The van der Waals surface area contributed by atoms with E-state index in [1.54, 1.807) is 6.20 Å². The van der Waals surface area contributed by atoms with Gasteiger partial charge < -0.3 is 14.8 Å². The number of imidazole rings is 1. The molecule has 0 spiro atoms. The second-order valence-electron chi connectivity index (χ2n) is 4.96. The van der Waals surface area contributed by atoms with Gasteiger partial charge in [0.25, 0.3) is 5.56 Å². The lowest BCUT2D eigenvalue weighted by Crippen LogP contribution is -2.34. The summed E-state index contributed by atoms with van der Waals surface area (Å²) in [7, 11) is 0. The zero-order valence-corrected chi connectivity index (χ0v) is 11.7. The summed E-state index contributed by atoms with van der Waals surface area (Å²) in [5.41, 5.74) is 7.57. The van der Waals surface area contributed by atoms with Crippen LogP contribution in [-0.4, -0.2) is 43.4 Å². The fourth-order valence-corrected chi connectivity index (χ4v) is 2.72. The molecule has 23 heavy (non-hydrogen) atoms. The van der Waals surface area contributed by atoms with E-state index in [9.17, 15) is 14.7 Å². The molecule has 120 valence electrons. The molecule has 1 aliphatic rings. The fourth-order valence-electron chi connectivity index (χ4n) is 2.72. The van der Waals surface area contributed by atoms with Gasteiger partial charge in [-0.3, -0.25) is 14.3 Å². The predicted octanol–water partition coefficient (Wildman–Crippen LogP) is -0.388. The summed E-state index contributed by atoms with van der Waals surface area (Å²) in [4.78, 5) is 35.2. The lowest BCUT2D eigenvalue weighted by Gasteiger charge is -2.20. The van der Waals surface area contributed by atoms with E-state index >= 15 is 0 Å². The number of hydrogen-bond donors (Lipinski definition) is 3. The van der Waals surface area contributed by atoms with Gasteiger partial charge in [0.1, 0.15) is 12.1 Å². The molecular weight excluding hydrogens is 306 g/mol. The van der Waals surface area contributed by atoms with E-state index in [1.807, 2.05) is 0 Å². The molecule has 0 unspecified atom stereocenters. The van der Waals surface area contributed by atoms with E-state index in [-0.39, 0.29) is 0 Å². The van der Waals surface area contributed by atoms with Crippen LogP contribution in [0.4, 0.5) is 0 Å². The summed E-state index contributed by atoms with van der Waals surface area (Å²) in [5, 5.41) is 13.2. The lowest BCUT2D eigenvalue weighted by molar-refractivity contribution is -0.0309. The van der Waals surface area contributed by atoms with Gasteiger partial charge in [-0.25, -0.2) is 9.78 Å². The minimum atomic E-state index is -0.891. The van der Waals surface area contributed by atoms with E-state index in [0.29, 0.717) is 5.82 Å². The van der Waals surface area contributed by atoms with Crippen molar-refractivity contribution < 1.29 is 9.84 Å². The summed E-state index contributed by atoms with van der Waals surface area (Å²) in [5.74, 6) is -0.178. The van der Waals surface area contributed by atoms with Crippen molar-refractivity contribution in [3.05, 3.63) is 61.8 Å². The predicted molar refractivity (Wildman–Crippen MR) is 76.6 cm³/mol. The van der Waals surface area contributed by atoms with Crippen molar-refractivity contribution in [3.8, 4) is 0 Å². The average molecular weight is 319 g/mol. The molecule has 4 atom stereocenters. The first-order valence-corrected chi connectivity index (χ1v) is 6.77. The number of H-pyrrole nitrogens is 2. The van der Waals surface area contributed by atoms with Crippen LogP contribution >= 0.6 is 0 Å². The third kappa shape index (κ3) is 2.63. The zero-order valence-electron chi connectivity index (χ0n) is 11.7. The van der Waals surface area contributed by atoms with Crippen LogP contribution in [0.25, 0.3) is 10.4 Å². The van der Waals surface area contributed by atoms with Gasteiger partial charge in [0.05, 0.1) is 24.7 Å². The Kier molecular flexibility index (Phi) is 3.98. The van der Waals surface area contributed by atoms with Gasteiger partial charge in [-0.1, -0.05) is 5.11 Å². The Bertz CT molecular complexity index is 836. The molecule has 2 aromatic heterocycles. The Labute approximate surface area is 128 Å². The maximum Gasteiger partial charge on any atom is 0.330 e. The largest absolute Gasteiger partial charge is 0.394 e. The van der Waals surface area contributed by atoms with Crippen LogP contribution in [0.15, 0.2) is 39.4 Å². The second-order valence-corrected chi connectivity index (χ2v) is 4.96. The molecule has 0 saturated carbocycles. The molecule has 11 heteroatoms. The number of aromatic nitrogens is 4. The Morgan fingerprint density at radius 1 is 1.52 bits per heavy atom. The molecule has 3 N–H and O–H groups in total. The third-order valence-corrected chi connectivity index (χ3v) is 3.70. The fraction of sp³-hybridized carbons (Fsp3) is 0.417. The molecule has 1 fully saturated rings. The van der Waals surface area contributed by atoms with Crippen LogP contribution in [0.3, 0.4) is 0 Å². The van der Waals surface area contributed by atoms with Crippen molar-refractivity contribution >= 4 is 0 Å². The van der Waals surface area contributed by atoms with Crippen LogP contribution in [0.5, 0.6) is 0 Å². The maximum atomic E-state index is 12.0. The Morgan fingerprint density at radius 3 is 2.96 bits per heavy atom. The van der Waals surface area contributed by atoms with Crippen molar-refractivity contribution in [1.29, 1.82) is 0 Å². The van der Waals surface area contributed by atoms with Crippen molar-refractivity contribution in [2.24, 2.45) is 5.11 Å².